The molecule has 1 saturated carbocycles. The molecular weight excluding hydrogens is 270 g/mol. The number of aromatic nitrogens is 2. The predicted octanol–water partition coefficient (Wildman–Crippen LogP) is 3.24. The van der Waals surface area contributed by atoms with Gasteiger partial charge in [0, 0.05) is 35.4 Å². The fraction of sp³-hybridized carbons (Fsp3) is 0.333. The van der Waals surface area contributed by atoms with E-state index in [4.69, 9.17) is 4.74 Å². The zero-order valence-electron chi connectivity index (χ0n) is 11.4. The first kappa shape index (κ1) is 13.4. The van der Waals surface area contributed by atoms with Gasteiger partial charge >= 0.3 is 6.01 Å². The van der Waals surface area contributed by atoms with Gasteiger partial charge in [-0.25, -0.2) is 9.97 Å². The molecule has 0 unspecified atom stereocenters. The molecule has 2 aromatic rings. The van der Waals surface area contributed by atoms with Gasteiger partial charge in [-0.3, -0.25) is 0 Å². The topological polar surface area (TPSA) is 47.0 Å². The van der Waals surface area contributed by atoms with Gasteiger partial charge in [0.25, 0.3) is 0 Å². The van der Waals surface area contributed by atoms with Crippen LogP contribution in [0.4, 0.5) is 0 Å². The van der Waals surface area contributed by atoms with Crippen LogP contribution in [0.15, 0.2) is 41.6 Å². The average Bonchev–Trinajstić information content (AvgIpc) is 3.31. The minimum Gasteiger partial charge on any atom is -0.423 e. The molecule has 0 radical (unpaired) electrons. The van der Waals surface area contributed by atoms with Gasteiger partial charge in [-0.1, -0.05) is 12.1 Å². The molecule has 3 rings (SSSR count). The summed E-state index contributed by atoms with van der Waals surface area (Å²) in [6.45, 7) is 0.826. The lowest BCUT2D eigenvalue weighted by Gasteiger charge is -2.08. The van der Waals surface area contributed by atoms with Crippen LogP contribution in [-0.4, -0.2) is 22.3 Å². The van der Waals surface area contributed by atoms with Gasteiger partial charge in [0.15, 0.2) is 0 Å². The van der Waals surface area contributed by atoms with Crippen molar-refractivity contribution in [1.29, 1.82) is 0 Å². The van der Waals surface area contributed by atoms with Crippen LogP contribution < -0.4 is 10.1 Å². The molecule has 0 amide bonds. The van der Waals surface area contributed by atoms with Crippen LogP contribution in [0.2, 0.25) is 0 Å². The number of nitrogens with zero attached hydrogens (tertiary/aromatic N) is 2. The number of ether oxygens (including phenoxy) is 1. The van der Waals surface area contributed by atoms with E-state index in [1.807, 2.05) is 42.9 Å². The van der Waals surface area contributed by atoms with Crippen molar-refractivity contribution in [2.45, 2.75) is 30.3 Å². The molecule has 104 valence electrons. The Morgan fingerprint density at radius 2 is 2.00 bits per heavy atom. The van der Waals surface area contributed by atoms with Crippen molar-refractivity contribution in [1.82, 2.24) is 15.3 Å². The Hall–Kier alpha value is -1.59. The van der Waals surface area contributed by atoms with Crippen molar-refractivity contribution in [3.05, 3.63) is 42.2 Å². The fourth-order valence-electron chi connectivity index (χ4n) is 1.84. The van der Waals surface area contributed by atoms with Gasteiger partial charge < -0.3 is 10.1 Å². The third-order valence-corrected chi connectivity index (χ3v) is 3.90. The van der Waals surface area contributed by atoms with E-state index in [2.05, 4.69) is 15.3 Å². The molecule has 1 aliphatic carbocycles. The lowest BCUT2D eigenvalue weighted by atomic mass is 10.3. The molecule has 20 heavy (non-hydrogen) atoms. The lowest BCUT2D eigenvalue weighted by Crippen LogP contribution is -2.15. The maximum Gasteiger partial charge on any atom is 0.321 e. The van der Waals surface area contributed by atoms with E-state index < -0.39 is 0 Å². The Kier molecular flexibility index (Phi) is 4.18. The molecule has 0 atom stereocenters. The Bertz CT molecular complexity index is 570. The molecule has 1 N–H and O–H groups in total. The Labute approximate surface area is 123 Å². The fourth-order valence-corrected chi connectivity index (χ4v) is 2.36. The van der Waals surface area contributed by atoms with E-state index in [0.717, 1.165) is 22.8 Å². The van der Waals surface area contributed by atoms with Crippen molar-refractivity contribution in [3.8, 4) is 11.8 Å². The second-order valence-electron chi connectivity index (χ2n) is 4.78. The monoisotopic (exact) mass is 287 g/mol. The highest BCUT2D eigenvalue weighted by atomic mass is 32.2. The first-order valence-corrected chi connectivity index (χ1v) is 7.93. The quantitative estimate of drug-likeness (QED) is 0.826. The maximum absolute atomic E-state index is 5.73. The summed E-state index contributed by atoms with van der Waals surface area (Å²) in [6.07, 6.45) is 8.23. The van der Waals surface area contributed by atoms with Gasteiger partial charge in [-0.05, 0) is 31.2 Å². The number of thioether (sulfide) groups is 1. The molecule has 0 spiro atoms. The van der Waals surface area contributed by atoms with Gasteiger partial charge in [0.1, 0.15) is 5.75 Å². The summed E-state index contributed by atoms with van der Waals surface area (Å²) in [5.74, 6) is 0.795. The summed E-state index contributed by atoms with van der Waals surface area (Å²) >= 11 is 1.65. The summed E-state index contributed by atoms with van der Waals surface area (Å²) in [6, 6.07) is 8.97. The number of benzene rings is 1. The predicted molar refractivity (Wildman–Crippen MR) is 80.2 cm³/mol. The number of hydrogen-bond acceptors (Lipinski definition) is 5. The highest BCUT2D eigenvalue weighted by Crippen LogP contribution is 2.29. The summed E-state index contributed by atoms with van der Waals surface area (Å²) in [7, 11) is 0. The normalized spacial score (nSPS) is 14.2. The molecule has 1 aliphatic rings. The summed E-state index contributed by atoms with van der Waals surface area (Å²) in [5.41, 5.74) is 1.09. The summed E-state index contributed by atoms with van der Waals surface area (Å²) < 4.78 is 5.73. The van der Waals surface area contributed by atoms with Crippen molar-refractivity contribution >= 4 is 11.8 Å². The van der Waals surface area contributed by atoms with E-state index in [9.17, 15) is 0 Å². The third kappa shape index (κ3) is 3.49. The van der Waals surface area contributed by atoms with Crippen LogP contribution in [0.25, 0.3) is 0 Å². The minimum absolute atomic E-state index is 0.390. The molecule has 1 fully saturated rings. The zero-order chi connectivity index (χ0) is 13.8. The summed E-state index contributed by atoms with van der Waals surface area (Å²) in [4.78, 5) is 9.61. The highest BCUT2D eigenvalue weighted by Gasteiger charge is 2.20. The Morgan fingerprint density at radius 3 is 2.70 bits per heavy atom. The van der Waals surface area contributed by atoms with E-state index in [1.54, 1.807) is 11.8 Å². The Balaban J connectivity index is 1.64. The van der Waals surface area contributed by atoms with Crippen LogP contribution in [0.3, 0.4) is 0 Å². The first-order chi connectivity index (χ1) is 9.85. The van der Waals surface area contributed by atoms with E-state index in [1.165, 1.54) is 12.8 Å². The molecular formula is C15H17N3OS. The number of para-hydroxylation sites is 1. The van der Waals surface area contributed by atoms with E-state index in [-0.39, 0.29) is 0 Å². The minimum atomic E-state index is 0.390. The number of nitrogens with one attached hydrogen (secondary N) is 1. The third-order valence-electron chi connectivity index (χ3n) is 3.12. The molecule has 5 heteroatoms. The van der Waals surface area contributed by atoms with Crippen LogP contribution in [0.1, 0.15) is 18.4 Å². The molecule has 1 heterocycles. The molecule has 0 bridgehead atoms. The first-order valence-electron chi connectivity index (χ1n) is 6.70. The van der Waals surface area contributed by atoms with E-state index in [0.29, 0.717) is 12.1 Å². The zero-order valence-corrected chi connectivity index (χ0v) is 12.2. The largest absolute Gasteiger partial charge is 0.423 e. The molecule has 1 aromatic carbocycles. The molecule has 1 aromatic heterocycles. The number of hydrogen-bond donors (Lipinski definition) is 1. The van der Waals surface area contributed by atoms with Gasteiger partial charge in [0.2, 0.25) is 0 Å². The van der Waals surface area contributed by atoms with Crippen molar-refractivity contribution in [2.24, 2.45) is 0 Å². The second-order valence-corrected chi connectivity index (χ2v) is 5.63. The van der Waals surface area contributed by atoms with E-state index >= 15 is 0 Å². The smallest absolute Gasteiger partial charge is 0.321 e. The standard InChI is InChI=1S/C15H17N3OS/c1-20-14-5-3-2-4-13(14)19-15-17-9-11(10-18-15)8-16-12-6-7-12/h2-5,9-10,12,16H,6-8H2,1H3. The van der Waals surface area contributed by atoms with Gasteiger partial charge in [-0.2, -0.15) is 0 Å². The number of rotatable bonds is 6. The van der Waals surface area contributed by atoms with Crippen LogP contribution in [0.5, 0.6) is 11.8 Å². The molecule has 0 aliphatic heterocycles. The Morgan fingerprint density at radius 1 is 1.25 bits per heavy atom. The van der Waals surface area contributed by atoms with Crippen LogP contribution in [-0.2, 0) is 6.54 Å². The summed E-state index contributed by atoms with van der Waals surface area (Å²) in [5, 5.41) is 3.44. The van der Waals surface area contributed by atoms with Crippen LogP contribution in [0, 0.1) is 0 Å². The van der Waals surface area contributed by atoms with Crippen LogP contribution >= 0.6 is 11.8 Å². The van der Waals surface area contributed by atoms with Crippen molar-refractivity contribution < 1.29 is 4.74 Å². The average molecular weight is 287 g/mol. The molecule has 4 nitrogen and oxygen atoms in total. The second kappa shape index (κ2) is 6.24. The van der Waals surface area contributed by atoms with Crippen molar-refractivity contribution in [3.63, 3.8) is 0 Å². The van der Waals surface area contributed by atoms with Crippen molar-refractivity contribution in [2.75, 3.05) is 6.26 Å². The van der Waals surface area contributed by atoms with Gasteiger partial charge in [-0.15, -0.1) is 11.8 Å². The SMILES string of the molecule is CSc1ccccc1Oc1ncc(CNC2CC2)cn1. The lowest BCUT2D eigenvalue weighted by molar-refractivity contribution is 0.431. The highest BCUT2D eigenvalue weighted by molar-refractivity contribution is 7.98. The molecule has 0 saturated heterocycles. The maximum atomic E-state index is 5.73. The van der Waals surface area contributed by atoms with Gasteiger partial charge in [0.05, 0.1) is 0 Å².